The molecule has 0 atom stereocenters. The number of rotatable bonds is 3. The standard InChI is InChI=1S/C14H13BrF2N2O/c1-7-3-9(16)8(15)4-12(7)19-13-6-14(20-2)10(17)5-11(13)18/h3-6,19H,18H2,1-2H3. The first-order valence-electron chi connectivity index (χ1n) is 5.78. The monoisotopic (exact) mass is 342 g/mol. The van der Waals surface area contributed by atoms with Crippen LogP contribution in [-0.2, 0) is 0 Å². The van der Waals surface area contributed by atoms with Crippen LogP contribution in [-0.4, -0.2) is 7.11 Å². The summed E-state index contributed by atoms with van der Waals surface area (Å²) in [5, 5.41) is 3.04. The van der Waals surface area contributed by atoms with Crippen molar-refractivity contribution in [2.75, 3.05) is 18.2 Å². The van der Waals surface area contributed by atoms with Crippen molar-refractivity contribution in [3.8, 4) is 5.75 Å². The summed E-state index contributed by atoms with van der Waals surface area (Å²) in [4.78, 5) is 0. The van der Waals surface area contributed by atoms with Crippen LogP contribution in [0.2, 0.25) is 0 Å². The van der Waals surface area contributed by atoms with Crippen molar-refractivity contribution in [3.63, 3.8) is 0 Å². The quantitative estimate of drug-likeness (QED) is 0.814. The van der Waals surface area contributed by atoms with E-state index in [1.807, 2.05) is 0 Å². The van der Waals surface area contributed by atoms with Crippen LogP contribution in [0.15, 0.2) is 28.7 Å². The van der Waals surface area contributed by atoms with Gasteiger partial charge in [-0.25, -0.2) is 8.78 Å². The maximum Gasteiger partial charge on any atom is 0.167 e. The fourth-order valence-corrected chi connectivity index (χ4v) is 2.10. The Bertz CT molecular complexity index is 662. The van der Waals surface area contributed by atoms with Crippen molar-refractivity contribution in [3.05, 3.63) is 45.9 Å². The third kappa shape index (κ3) is 2.85. The molecule has 0 aliphatic carbocycles. The maximum atomic E-state index is 13.5. The van der Waals surface area contributed by atoms with E-state index in [-0.39, 0.29) is 17.3 Å². The van der Waals surface area contributed by atoms with Gasteiger partial charge < -0.3 is 15.8 Å². The Morgan fingerprint density at radius 3 is 2.45 bits per heavy atom. The number of ether oxygens (including phenoxy) is 1. The van der Waals surface area contributed by atoms with Gasteiger partial charge in [-0.15, -0.1) is 0 Å². The van der Waals surface area contributed by atoms with Crippen molar-refractivity contribution >= 4 is 33.0 Å². The van der Waals surface area contributed by atoms with Crippen molar-refractivity contribution in [2.45, 2.75) is 6.92 Å². The molecule has 0 amide bonds. The van der Waals surface area contributed by atoms with E-state index in [4.69, 9.17) is 10.5 Å². The lowest BCUT2D eigenvalue weighted by molar-refractivity contribution is 0.387. The number of nitrogens with two attached hydrogens (primary N) is 1. The van der Waals surface area contributed by atoms with Gasteiger partial charge in [0.15, 0.2) is 11.6 Å². The van der Waals surface area contributed by atoms with E-state index in [2.05, 4.69) is 21.2 Å². The molecule has 0 aliphatic heterocycles. The molecular weight excluding hydrogens is 330 g/mol. The molecule has 3 N–H and O–H groups in total. The number of anilines is 3. The molecule has 0 saturated carbocycles. The lowest BCUT2D eigenvalue weighted by atomic mass is 10.1. The van der Waals surface area contributed by atoms with Crippen LogP contribution >= 0.6 is 15.9 Å². The zero-order valence-electron chi connectivity index (χ0n) is 10.9. The summed E-state index contributed by atoms with van der Waals surface area (Å²) in [5.74, 6) is -0.800. The zero-order chi connectivity index (χ0) is 14.9. The topological polar surface area (TPSA) is 47.3 Å². The van der Waals surface area contributed by atoms with E-state index in [0.29, 0.717) is 21.4 Å². The lowest BCUT2D eigenvalue weighted by Gasteiger charge is -2.14. The van der Waals surface area contributed by atoms with Gasteiger partial charge in [-0.3, -0.25) is 0 Å². The van der Waals surface area contributed by atoms with Crippen molar-refractivity contribution in [1.82, 2.24) is 0 Å². The molecule has 0 radical (unpaired) electrons. The average Bonchev–Trinajstić information content (AvgIpc) is 2.38. The SMILES string of the molecule is COc1cc(Nc2cc(Br)c(F)cc2C)c(N)cc1F. The minimum atomic E-state index is -0.535. The van der Waals surface area contributed by atoms with E-state index in [1.165, 1.54) is 25.3 Å². The minimum absolute atomic E-state index is 0.0838. The molecule has 0 bridgehead atoms. The zero-order valence-corrected chi connectivity index (χ0v) is 12.5. The fourth-order valence-electron chi connectivity index (χ4n) is 1.76. The molecule has 0 fully saturated rings. The van der Waals surface area contributed by atoms with Crippen LogP contribution in [0.4, 0.5) is 25.8 Å². The summed E-state index contributed by atoms with van der Waals surface area (Å²) in [5.41, 5.74) is 7.86. The van der Waals surface area contributed by atoms with Gasteiger partial charge in [0.05, 0.1) is 23.0 Å². The fraction of sp³-hybridized carbons (Fsp3) is 0.143. The number of benzene rings is 2. The minimum Gasteiger partial charge on any atom is -0.494 e. The normalized spacial score (nSPS) is 10.4. The summed E-state index contributed by atoms with van der Waals surface area (Å²) in [6.07, 6.45) is 0. The lowest BCUT2D eigenvalue weighted by Crippen LogP contribution is -2.01. The second-order valence-corrected chi connectivity index (χ2v) is 5.13. The number of hydrogen-bond donors (Lipinski definition) is 2. The highest BCUT2D eigenvalue weighted by atomic mass is 79.9. The summed E-state index contributed by atoms with van der Waals surface area (Å²) in [6.45, 7) is 1.76. The second kappa shape index (κ2) is 5.66. The van der Waals surface area contributed by atoms with Gasteiger partial charge in [0, 0.05) is 17.8 Å². The first-order valence-corrected chi connectivity index (χ1v) is 6.57. The van der Waals surface area contributed by atoms with Gasteiger partial charge in [0.2, 0.25) is 0 Å². The molecule has 3 nitrogen and oxygen atoms in total. The second-order valence-electron chi connectivity index (χ2n) is 4.28. The molecule has 0 aromatic heterocycles. The summed E-state index contributed by atoms with van der Waals surface area (Å²) in [7, 11) is 1.37. The highest BCUT2D eigenvalue weighted by Crippen LogP contribution is 2.33. The van der Waals surface area contributed by atoms with Crippen LogP contribution in [0.25, 0.3) is 0 Å². The largest absolute Gasteiger partial charge is 0.494 e. The van der Waals surface area contributed by atoms with Crippen molar-refractivity contribution in [2.24, 2.45) is 0 Å². The molecule has 0 heterocycles. The van der Waals surface area contributed by atoms with Crippen molar-refractivity contribution in [1.29, 1.82) is 0 Å². The number of halogens is 3. The first kappa shape index (κ1) is 14.6. The number of hydrogen-bond acceptors (Lipinski definition) is 3. The predicted molar refractivity (Wildman–Crippen MR) is 79.5 cm³/mol. The van der Waals surface area contributed by atoms with Gasteiger partial charge in [-0.05, 0) is 40.5 Å². The van der Waals surface area contributed by atoms with Gasteiger partial charge in [-0.2, -0.15) is 0 Å². The smallest absolute Gasteiger partial charge is 0.167 e. The third-order valence-electron chi connectivity index (χ3n) is 2.86. The molecule has 0 saturated heterocycles. The third-order valence-corrected chi connectivity index (χ3v) is 3.47. The number of nitrogens with one attached hydrogen (secondary N) is 1. The molecule has 0 spiro atoms. The molecule has 2 aromatic carbocycles. The van der Waals surface area contributed by atoms with Gasteiger partial charge >= 0.3 is 0 Å². The maximum absolute atomic E-state index is 13.5. The molecule has 106 valence electrons. The van der Waals surface area contributed by atoms with Crippen LogP contribution in [0.1, 0.15) is 5.56 Å². The summed E-state index contributed by atoms with van der Waals surface area (Å²) >= 11 is 3.12. The molecule has 0 aliphatic rings. The van der Waals surface area contributed by atoms with Gasteiger partial charge in [-0.1, -0.05) is 0 Å². The summed E-state index contributed by atoms with van der Waals surface area (Å²) in [6, 6.07) is 5.62. The van der Waals surface area contributed by atoms with Crippen LogP contribution in [0.5, 0.6) is 5.75 Å². The van der Waals surface area contributed by atoms with E-state index in [0.717, 1.165) is 0 Å². The Labute approximate surface area is 123 Å². The molecule has 0 unspecified atom stereocenters. The van der Waals surface area contributed by atoms with Gasteiger partial charge in [0.25, 0.3) is 0 Å². The first-order chi connectivity index (χ1) is 9.42. The van der Waals surface area contributed by atoms with E-state index < -0.39 is 5.82 Å². The summed E-state index contributed by atoms with van der Waals surface area (Å²) < 4.78 is 32.1. The molecule has 20 heavy (non-hydrogen) atoms. The molecular formula is C14H13BrF2N2O. The Balaban J connectivity index is 2.42. The Hall–Kier alpha value is -1.82. The highest BCUT2D eigenvalue weighted by Gasteiger charge is 2.11. The Morgan fingerprint density at radius 2 is 1.80 bits per heavy atom. The molecule has 2 aromatic rings. The van der Waals surface area contributed by atoms with Crippen LogP contribution < -0.4 is 15.8 Å². The van der Waals surface area contributed by atoms with Crippen LogP contribution in [0.3, 0.4) is 0 Å². The van der Waals surface area contributed by atoms with E-state index in [1.54, 1.807) is 13.0 Å². The average molecular weight is 343 g/mol. The number of methoxy groups -OCH3 is 1. The Morgan fingerprint density at radius 1 is 1.10 bits per heavy atom. The number of nitrogen functional groups attached to an aromatic ring is 1. The number of aryl methyl sites for hydroxylation is 1. The predicted octanol–water partition coefficient (Wildman–Crippen LogP) is 4.37. The van der Waals surface area contributed by atoms with E-state index in [9.17, 15) is 8.78 Å². The van der Waals surface area contributed by atoms with E-state index >= 15 is 0 Å². The van der Waals surface area contributed by atoms with Gasteiger partial charge in [0.1, 0.15) is 5.82 Å². The molecule has 6 heteroatoms. The van der Waals surface area contributed by atoms with Crippen LogP contribution in [0, 0.1) is 18.6 Å². The highest BCUT2D eigenvalue weighted by molar-refractivity contribution is 9.10. The molecule has 2 rings (SSSR count). The Kier molecular flexibility index (Phi) is 4.13. The van der Waals surface area contributed by atoms with Crippen molar-refractivity contribution < 1.29 is 13.5 Å².